The van der Waals surface area contributed by atoms with Gasteiger partial charge in [0.25, 0.3) is 0 Å². The fourth-order valence-corrected chi connectivity index (χ4v) is 2.70. The predicted molar refractivity (Wildman–Crippen MR) is 81.7 cm³/mol. The first-order valence-corrected chi connectivity index (χ1v) is 8.21. The van der Waals surface area contributed by atoms with Crippen LogP contribution in [-0.2, 0) is 10.2 Å². The molecule has 1 aromatic rings. The van der Waals surface area contributed by atoms with E-state index < -0.39 is 0 Å². The molecule has 4 heteroatoms. The molecule has 1 saturated carbocycles. The first-order valence-electron chi connectivity index (χ1n) is 6.99. The first kappa shape index (κ1) is 14.9. The highest BCUT2D eigenvalue weighted by Crippen LogP contribution is 2.40. The molecular weight excluding hydrogens is 256 g/mol. The Bertz CT molecular complexity index is 453. The van der Waals surface area contributed by atoms with Gasteiger partial charge >= 0.3 is 0 Å². The molecule has 1 aromatic heterocycles. The summed E-state index contributed by atoms with van der Waals surface area (Å²) >= 11 is 1.83. The lowest BCUT2D eigenvalue weighted by atomic mass is 9.86. The van der Waals surface area contributed by atoms with Gasteiger partial charge < -0.3 is 5.11 Å². The molecule has 108 valence electrons. The minimum Gasteiger partial charge on any atom is -0.393 e. The Morgan fingerprint density at radius 2 is 1.84 bits per heavy atom. The molecule has 1 heterocycles. The van der Waals surface area contributed by atoms with Crippen LogP contribution in [0.4, 0.5) is 0 Å². The summed E-state index contributed by atoms with van der Waals surface area (Å²) in [5.41, 5.74) is 2.51. The highest BCUT2D eigenvalue weighted by molar-refractivity contribution is 7.99. The van der Waals surface area contributed by atoms with Crippen LogP contribution in [-0.4, -0.2) is 27.2 Å². The molecule has 3 nitrogen and oxygen atoms in total. The van der Waals surface area contributed by atoms with Gasteiger partial charge in [0.15, 0.2) is 0 Å². The average Bonchev–Trinajstić information content (AvgIpc) is 2.69. The van der Waals surface area contributed by atoms with Crippen LogP contribution in [0.15, 0.2) is 6.07 Å². The topological polar surface area (TPSA) is 38.0 Å². The number of nitrogens with zero attached hydrogens (tertiary/aromatic N) is 2. The molecule has 2 rings (SSSR count). The third-order valence-electron chi connectivity index (χ3n) is 4.07. The second kappa shape index (κ2) is 4.81. The van der Waals surface area contributed by atoms with E-state index in [0.717, 1.165) is 18.5 Å². The van der Waals surface area contributed by atoms with E-state index in [1.807, 2.05) is 11.8 Å². The third kappa shape index (κ3) is 2.84. The molecule has 1 fully saturated rings. The van der Waals surface area contributed by atoms with Gasteiger partial charge in [-0.3, -0.25) is 4.68 Å². The lowest BCUT2D eigenvalue weighted by Gasteiger charge is -2.35. The lowest BCUT2D eigenvalue weighted by molar-refractivity contribution is 0.0408. The number of aromatic nitrogens is 2. The summed E-state index contributed by atoms with van der Waals surface area (Å²) in [5, 5.41) is 14.4. The van der Waals surface area contributed by atoms with Gasteiger partial charge in [0.2, 0.25) is 0 Å². The summed E-state index contributed by atoms with van der Waals surface area (Å²) < 4.78 is 2.20. The van der Waals surface area contributed by atoms with Crippen molar-refractivity contribution in [1.29, 1.82) is 0 Å². The zero-order valence-electron chi connectivity index (χ0n) is 12.9. The second-order valence-electron chi connectivity index (χ2n) is 7.10. The fourth-order valence-electron chi connectivity index (χ4n) is 2.39. The Balaban J connectivity index is 2.40. The van der Waals surface area contributed by atoms with E-state index in [9.17, 15) is 5.11 Å². The molecule has 0 spiro atoms. The highest BCUT2D eigenvalue weighted by Gasteiger charge is 2.35. The van der Waals surface area contributed by atoms with Crippen LogP contribution in [0.25, 0.3) is 0 Å². The summed E-state index contributed by atoms with van der Waals surface area (Å²) in [7, 11) is 0. The lowest BCUT2D eigenvalue weighted by Crippen LogP contribution is -2.34. The van der Waals surface area contributed by atoms with Gasteiger partial charge in [-0.15, -0.1) is 0 Å². The van der Waals surface area contributed by atoms with Crippen molar-refractivity contribution in [3.8, 4) is 0 Å². The second-order valence-corrected chi connectivity index (χ2v) is 8.53. The van der Waals surface area contributed by atoms with Gasteiger partial charge in [0, 0.05) is 11.1 Å². The van der Waals surface area contributed by atoms with Gasteiger partial charge in [-0.25, -0.2) is 0 Å². The minimum atomic E-state index is -0.140. The fraction of sp³-hybridized carbons (Fsp3) is 0.800. The van der Waals surface area contributed by atoms with E-state index in [0.29, 0.717) is 6.04 Å². The molecule has 0 saturated heterocycles. The van der Waals surface area contributed by atoms with Crippen LogP contribution in [0.3, 0.4) is 0 Å². The van der Waals surface area contributed by atoms with E-state index in [2.05, 4.69) is 51.6 Å². The van der Waals surface area contributed by atoms with E-state index in [-0.39, 0.29) is 16.3 Å². The van der Waals surface area contributed by atoms with Gasteiger partial charge in [-0.05, 0) is 39.0 Å². The summed E-state index contributed by atoms with van der Waals surface area (Å²) in [6.07, 6.45) is 3.66. The molecule has 1 aliphatic rings. The van der Waals surface area contributed by atoms with Crippen molar-refractivity contribution in [1.82, 2.24) is 9.78 Å². The largest absolute Gasteiger partial charge is 0.393 e. The average molecular weight is 282 g/mol. The third-order valence-corrected chi connectivity index (χ3v) is 5.30. The van der Waals surface area contributed by atoms with Crippen molar-refractivity contribution < 1.29 is 5.11 Å². The zero-order valence-corrected chi connectivity index (χ0v) is 13.7. The predicted octanol–water partition coefficient (Wildman–Crippen LogP) is 3.47. The van der Waals surface area contributed by atoms with Crippen LogP contribution >= 0.6 is 11.8 Å². The van der Waals surface area contributed by atoms with Crippen molar-refractivity contribution in [2.24, 2.45) is 0 Å². The molecule has 0 atom stereocenters. The number of hydrogen-bond donors (Lipinski definition) is 1. The molecule has 0 aromatic carbocycles. The van der Waals surface area contributed by atoms with Gasteiger partial charge in [0.1, 0.15) is 0 Å². The quantitative estimate of drug-likeness (QED) is 0.922. The Morgan fingerprint density at radius 3 is 2.26 bits per heavy atom. The van der Waals surface area contributed by atoms with Crippen LogP contribution in [0.2, 0.25) is 0 Å². The van der Waals surface area contributed by atoms with Gasteiger partial charge in [-0.2, -0.15) is 16.9 Å². The summed E-state index contributed by atoms with van der Waals surface area (Å²) in [5.74, 6) is 0. The van der Waals surface area contributed by atoms with Crippen molar-refractivity contribution in [3.05, 3.63) is 17.5 Å². The minimum absolute atomic E-state index is 0.0353. The Morgan fingerprint density at radius 1 is 1.26 bits per heavy atom. The molecule has 0 bridgehead atoms. The highest BCUT2D eigenvalue weighted by atomic mass is 32.2. The monoisotopic (exact) mass is 282 g/mol. The number of aliphatic hydroxyl groups is 1. The van der Waals surface area contributed by atoms with Crippen LogP contribution in [0.1, 0.15) is 64.9 Å². The van der Waals surface area contributed by atoms with E-state index in [4.69, 9.17) is 5.10 Å². The smallest absolute Gasteiger partial charge is 0.0782 e. The van der Waals surface area contributed by atoms with Crippen molar-refractivity contribution in [2.75, 3.05) is 6.26 Å². The Labute approximate surface area is 120 Å². The summed E-state index contributed by atoms with van der Waals surface area (Å²) in [6, 6.07) is 2.62. The van der Waals surface area contributed by atoms with Crippen LogP contribution in [0, 0.1) is 0 Å². The molecule has 0 radical (unpaired) electrons. The summed E-state index contributed by atoms with van der Waals surface area (Å²) in [4.78, 5) is 0. The SMILES string of the molecule is CSC(C)(C)c1cc(C(C)(C)C)n(C2CC(O)C2)n1. The number of thioether (sulfide) groups is 1. The van der Waals surface area contributed by atoms with Crippen LogP contribution in [0.5, 0.6) is 0 Å². The molecule has 0 unspecified atom stereocenters. The molecule has 0 aliphatic heterocycles. The van der Waals surface area contributed by atoms with E-state index in [1.54, 1.807) is 0 Å². The molecule has 1 aliphatic carbocycles. The summed E-state index contributed by atoms with van der Waals surface area (Å²) in [6.45, 7) is 11.1. The molecule has 0 amide bonds. The maximum Gasteiger partial charge on any atom is 0.0782 e. The van der Waals surface area contributed by atoms with Gasteiger partial charge in [-0.1, -0.05) is 20.8 Å². The Kier molecular flexibility index (Phi) is 3.78. The van der Waals surface area contributed by atoms with Crippen molar-refractivity contribution in [2.45, 2.75) is 69.8 Å². The van der Waals surface area contributed by atoms with Crippen molar-refractivity contribution >= 4 is 11.8 Å². The molecule has 1 N–H and O–H groups in total. The number of hydrogen-bond acceptors (Lipinski definition) is 3. The number of rotatable bonds is 3. The van der Waals surface area contributed by atoms with E-state index in [1.165, 1.54) is 5.69 Å². The molecular formula is C15H26N2OS. The normalized spacial score (nSPS) is 24.4. The maximum atomic E-state index is 9.54. The van der Waals surface area contributed by atoms with E-state index >= 15 is 0 Å². The molecule has 19 heavy (non-hydrogen) atoms. The maximum absolute atomic E-state index is 9.54. The number of aliphatic hydroxyl groups excluding tert-OH is 1. The van der Waals surface area contributed by atoms with Gasteiger partial charge in [0.05, 0.1) is 22.6 Å². The zero-order chi connectivity index (χ0) is 14.4. The first-order chi connectivity index (χ1) is 8.65. The standard InChI is InChI=1S/C15H26N2OS/c1-14(2,3)13-9-12(15(4,5)19-6)16-17(13)10-7-11(18)8-10/h9-11,18H,7-8H2,1-6H3. The van der Waals surface area contributed by atoms with Crippen LogP contribution < -0.4 is 0 Å². The van der Waals surface area contributed by atoms with Crippen molar-refractivity contribution in [3.63, 3.8) is 0 Å². The Hall–Kier alpha value is -0.480.